The van der Waals surface area contributed by atoms with Crippen molar-refractivity contribution in [3.63, 3.8) is 0 Å². The molecule has 2 rings (SSSR count). The van der Waals surface area contributed by atoms with Crippen LogP contribution in [0.1, 0.15) is 18.9 Å². The molecule has 18 heavy (non-hydrogen) atoms. The number of carbonyl (C=O) groups is 1. The molecule has 1 saturated heterocycles. The topological polar surface area (TPSA) is 23.6 Å². The van der Waals surface area contributed by atoms with Crippen molar-refractivity contribution in [1.82, 2.24) is 4.90 Å². The van der Waals surface area contributed by atoms with Crippen LogP contribution in [-0.2, 0) is 4.79 Å². The van der Waals surface area contributed by atoms with E-state index in [9.17, 15) is 4.79 Å². The fourth-order valence-corrected chi connectivity index (χ4v) is 2.37. The minimum Gasteiger partial charge on any atom is -0.369 e. The lowest BCUT2D eigenvalue weighted by molar-refractivity contribution is -0.117. The van der Waals surface area contributed by atoms with Crippen molar-refractivity contribution in [2.24, 2.45) is 0 Å². The van der Waals surface area contributed by atoms with Crippen LogP contribution in [0.3, 0.4) is 0 Å². The molecular formula is C15H22N2O. The van der Waals surface area contributed by atoms with Gasteiger partial charge >= 0.3 is 0 Å². The van der Waals surface area contributed by atoms with E-state index < -0.39 is 0 Å². The van der Waals surface area contributed by atoms with Crippen LogP contribution >= 0.6 is 0 Å². The smallest absolute Gasteiger partial charge is 0.131 e. The summed E-state index contributed by atoms with van der Waals surface area (Å²) < 4.78 is 0. The van der Waals surface area contributed by atoms with Crippen molar-refractivity contribution in [3.05, 3.63) is 29.8 Å². The molecule has 0 atom stereocenters. The normalized spacial score (nSPS) is 16.9. The standard InChI is InChI=1S/C15H22N2O/c1-13-4-3-5-15(12-13)17-10-8-16(9-11-17)7-6-14(2)18/h3-5,12H,6-11H2,1-2H3. The van der Waals surface area contributed by atoms with E-state index in [-0.39, 0.29) is 5.78 Å². The highest BCUT2D eigenvalue weighted by Gasteiger charge is 2.17. The maximum Gasteiger partial charge on any atom is 0.131 e. The van der Waals surface area contributed by atoms with Crippen LogP contribution in [0.2, 0.25) is 0 Å². The molecule has 3 nitrogen and oxygen atoms in total. The van der Waals surface area contributed by atoms with E-state index in [4.69, 9.17) is 0 Å². The summed E-state index contributed by atoms with van der Waals surface area (Å²) in [5.41, 5.74) is 2.63. The summed E-state index contributed by atoms with van der Waals surface area (Å²) in [6.07, 6.45) is 0.685. The van der Waals surface area contributed by atoms with E-state index in [1.807, 2.05) is 0 Å². The van der Waals surface area contributed by atoms with E-state index in [1.54, 1.807) is 6.92 Å². The third kappa shape index (κ3) is 3.57. The first-order chi connectivity index (χ1) is 8.65. The molecule has 1 heterocycles. The Morgan fingerprint density at radius 2 is 1.94 bits per heavy atom. The molecule has 0 N–H and O–H groups in total. The summed E-state index contributed by atoms with van der Waals surface area (Å²) in [7, 11) is 0. The Morgan fingerprint density at radius 1 is 1.22 bits per heavy atom. The van der Waals surface area contributed by atoms with Gasteiger partial charge in [-0.3, -0.25) is 9.69 Å². The van der Waals surface area contributed by atoms with Gasteiger partial charge in [0.05, 0.1) is 0 Å². The molecule has 0 unspecified atom stereocenters. The molecule has 0 aliphatic carbocycles. The lowest BCUT2D eigenvalue weighted by Gasteiger charge is -2.36. The summed E-state index contributed by atoms with van der Waals surface area (Å²) in [6, 6.07) is 8.67. The number of nitrogens with zero attached hydrogens (tertiary/aromatic N) is 2. The molecule has 0 aromatic heterocycles. The third-order valence-corrected chi connectivity index (χ3v) is 3.52. The number of hydrogen-bond acceptors (Lipinski definition) is 3. The highest BCUT2D eigenvalue weighted by molar-refractivity contribution is 5.75. The van der Waals surface area contributed by atoms with Crippen molar-refractivity contribution in [3.8, 4) is 0 Å². The van der Waals surface area contributed by atoms with Crippen molar-refractivity contribution < 1.29 is 4.79 Å². The summed E-state index contributed by atoms with van der Waals surface area (Å²) in [6.45, 7) is 8.94. The first-order valence-electron chi connectivity index (χ1n) is 6.68. The number of ketones is 1. The van der Waals surface area contributed by atoms with Gasteiger partial charge in [-0.15, -0.1) is 0 Å². The first-order valence-corrected chi connectivity index (χ1v) is 6.68. The molecule has 98 valence electrons. The number of anilines is 1. The van der Waals surface area contributed by atoms with Crippen molar-refractivity contribution in [2.45, 2.75) is 20.3 Å². The minimum atomic E-state index is 0.288. The van der Waals surface area contributed by atoms with Gasteiger partial charge in [-0.25, -0.2) is 0 Å². The number of benzene rings is 1. The second-order valence-electron chi connectivity index (χ2n) is 5.12. The average Bonchev–Trinajstić information content (AvgIpc) is 2.37. The molecule has 1 aromatic carbocycles. The van der Waals surface area contributed by atoms with Crippen molar-refractivity contribution >= 4 is 11.5 Å². The molecule has 1 aromatic rings. The number of aryl methyl sites for hydroxylation is 1. The van der Waals surface area contributed by atoms with Crippen molar-refractivity contribution in [2.75, 3.05) is 37.6 Å². The maximum atomic E-state index is 11.0. The Hall–Kier alpha value is -1.35. The third-order valence-electron chi connectivity index (χ3n) is 3.52. The molecule has 1 fully saturated rings. The molecule has 0 radical (unpaired) electrons. The minimum absolute atomic E-state index is 0.288. The van der Waals surface area contributed by atoms with Gasteiger partial charge in [0, 0.05) is 44.8 Å². The number of hydrogen-bond donors (Lipinski definition) is 0. The predicted molar refractivity (Wildman–Crippen MR) is 75.1 cm³/mol. The van der Waals surface area contributed by atoms with Crippen LogP contribution in [0.25, 0.3) is 0 Å². The Morgan fingerprint density at radius 3 is 2.56 bits per heavy atom. The zero-order chi connectivity index (χ0) is 13.0. The Bertz CT molecular complexity index is 409. The number of piperazine rings is 1. The molecule has 1 aliphatic rings. The van der Waals surface area contributed by atoms with E-state index in [0.717, 1.165) is 32.7 Å². The lowest BCUT2D eigenvalue weighted by atomic mass is 10.2. The van der Waals surface area contributed by atoms with Crippen LogP contribution in [0.5, 0.6) is 0 Å². The molecule has 0 spiro atoms. The van der Waals surface area contributed by atoms with Gasteiger partial charge in [-0.05, 0) is 31.5 Å². The summed E-state index contributed by atoms with van der Waals surface area (Å²) >= 11 is 0. The molecule has 1 aliphatic heterocycles. The fraction of sp³-hybridized carbons (Fsp3) is 0.533. The number of carbonyl (C=O) groups excluding carboxylic acids is 1. The monoisotopic (exact) mass is 246 g/mol. The highest BCUT2D eigenvalue weighted by atomic mass is 16.1. The largest absolute Gasteiger partial charge is 0.369 e. The lowest BCUT2D eigenvalue weighted by Crippen LogP contribution is -2.46. The van der Waals surface area contributed by atoms with E-state index in [1.165, 1.54) is 11.3 Å². The van der Waals surface area contributed by atoms with Crippen LogP contribution in [-0.4, -0.2) is 43.4 Å². The zero-order valence-electron chi connectivity index (χ0n) is 11.4. The Kier molecular flexibility index (Phi) is 4.37. The quantitative estimate of drug-likeness (QED) is 0.813. The number of Topliss-reactive ketones (excluding diaryl/α,β-unsaturated/α-hetero) is 1. The van der Waals surface area contributed by atoms with Gasteiger partial charge in [-0.2, -0.15) is 0 Å². The number of rotatable bonds is 4. The van der Waals surface area contributed by atoms with E-state index in [0.29, 0.717) is 6.42 Å². The highest BCUT2D eigenvalue weighted by Crippen LogP contribution is 2.17. The van der Waals surface area contributed by atoms with Crippen LogP contribution < -0.4 is 4.90 Å². The van der Waals surface area contributed by atoms with Gasteiger partial charge in [0.1, 0.15) is 5.78 Å². The van der Waals surface area contributed by atoms with Crippen LogP contribution in [0.15, 0.2) is 24.3 Å². The fourth-order valence-electron chi connectivity index (χ4n) is 2.37. The van der Waals surface area contributed by atoms with Gasteiger partial charge in [-0.1, -0.05) is 12.1 Å². The van der Waals surface area contributed by atoms with Gasteiger partial charge in [0.15, 0.2) is 0 Å². The van der Waals surface area contributed by atoms with E-state index in [2.05, 4.69) is 41.0 Å². The summed E-state index contributed by atoms with van der Waals surface area (Å²) in [5, 5.41) is 0. The van der Waals surface area contributed by atoms with Crippen LogP contribution in [0.4, 0.5) is 5.69 Å². The molecule has 3 heteroatoms. The molecule has 0 amide bonds. The van der Waals surface area contributed by atoms with Gasteiger partial charge in [0.2, 0.25) is 0 Å². The molecule has 0 saturated carbocycles. The zero-order valence-corrected chi connectivity index (χ0v) is 11.4. The first kappa shape index (κ1) is 13.1. The maximum absolute atomic E-state index is 11.0. The van der Waals surface area contributed by atoms with Gasteiger partial charge in [0.25, 0.3) is 0 Å². The molecular weight excluding hydrogens is 224 g/mol. The summed E-state index contributed by atoms with van der Waals surface area (Å²) in [4.78, 5) is 15.8. The second kappa shape index (κ2) is 6.01. The second-order valence-corrected chi connectivity index (χ2v) is 5.12. The average molecular weight is 246 g/mol. The predicted octanol–water partition coefficient (Wildman–Crippen LogP) is 2.10. The Labute approximate surface area is 109 Å². The molecule has 0 bridgehead atoms. The van der Waals surface area contributed by atoms with Crippen LogP contribution in [0, 0.1) is 6.92 Å². The van der Waals surface area contributed by atoms with E-state index >= 15 is 0 Å². The SMILES string of the molecule is CC(=O)CCN1CCN(c2cccc(C)c2)CC1. The summed E-state index contributed by atoms with van der Waals surface area (Å²) in [5.74, 6) is 0.288. The van der Waals surface area contributed by atoms with Crippen molar-refractivity contribution in [1.29, 1.82) is 0 Å². The Balaban J connectivity index is 1.85. The van der Waals surface area contributed by atoms with Gasteiger partial charge < -0.3 is 4.90 Å².